The first-order valence-corrected chi connectivity index (χ1v) is 10.8. The van der Waals surface area contributed by atoms with Crippen molar-refractivity contribution in [3.8, 4) is 11.1 Å². The zero-order chi connectivity index (χ0) is 23.0. The van der Waals surface area contributed by atoms with Gasteiger partial charge in [0.25, 0.3) is 0 Å². The lowest BCUT2D eigenvalue weighted by molar-refractivity contribution is -0.120. The Kier molecular flexibility index (Phi) is 6.90. The molecule has 164 valence electrons. The smallest absolute Gasteiger partial charge is 0.244 e. The first-order valence-electron chi connectivity index (χ1n) is 10.8. The fourth-order valence-electron chi connectivity index (χ4n) is 3.57. The van der Waals surface area contributed by atoms with E-state index < -0.39 is 0 Å². The number of hydrogen-bond acceptors (Lipinski definition) is 3. The zero-order valence-corrected chi connectivity index (χ0v) is 18.4. The van der Waals surface area contributed by atoms with Crippen molar-refractivity contribution in [3.05, 3.63) is 103 Å². The van der Waals surface area contributed by atoms with Crippen molar-refractivity contribution in [3.63, 3.8) is 0 Å². The van der Waals surface area contributed by atoms with Gasteiger partial charge in [-0.25, -0.2) is 5.43 Å². The molecule has 2 N–H and O–H groups in total. The number of hydrazone groups is 1. The molecule has 2 amide bonds. The first-order chi connectivity index (χ1) is 16.1. The van der Waals surface area contributed by atoms with Gasteiger partial charge in [0.1, 0.15) is 0 Å². The van der Waals surface area contributed by atoms with Crippen LogP contribution in [0, 0.1) is 0 Å². The highest BCUT2D eigenvalue weighted by Crippen LogP contribution is 2.20. The number of rotatable bonds is 7. The number of hydrogen-bond donors (Lipinski definition) is 2. The number of anilines is 1. The molecule has 0 spiro atoms. The Morgan fingerprint density at radius 2 is 1.39 bits per heavy atom. The van der Waals surface area contributed by atoms with Crippen LogP contribution in [0.3, 0.4) is 0 Å². The number of nitrogens with zero attached hydrogens (tertiary/aromatic N) is 1. The standard InChI is InChI=1S/C28H25N3O2/c1-20(17-27(32)29-26-16-15-23-9-5-6-10-25(23)19-26)30-31-28(33)18-21-11-13-24(14-12-21)22-7-3-2-4-8-22/h2-16,19H,17-18H2,1H3,(H,29,32)(H,31,33). The van der Waals surface area contributed by atoms with Gasteiger partial charge >= 0.3 is 0 Å². The maximum absolute atomic E-state index is 12.3. The number of carbonyl (C=O) groups excluding carboxylic acids is 2. The number of benzene rings is 4. The molecule has 33 heavy (non-hydrogen) atoms. The number of carbonyl (C=O) groups is 2. The molecule has 4 aromatic carbocycles. The maximum atomic E-state index is 12.3. The lowest BCUT2D eigenvalue weighted by Gasteiger charge is -2.07. The van der Waals surface area contributed by atoms with E-state index in [1.807, 2.05) is 84.9 Å². The van der Waals surface area contributed by atoms with Crippen molar-refractivity contribution < 1.29 is 9.59 Å². The van der Waals surface area contributed by atoms with E-state index in [9.17, 15) is 9.59 Å². The molecule has 0 aliphatic heterocycles. The van der Waals surface area contributed by atoms with Crippen LogP contribution < -0.4 is 10.7 Å². The summed E-state index contributed by atoms with van der Waals surface area (Å²) in [4.78, 5) is 24.6. The minimum atomic E-state index is -0.225. The SMILES string of the molecule is CC(CC(=O)Nc1ccc2ccccc2c1)=NNC(=O)Cc1ccc(-c2ccccc2)cc1. The van der Waals surface area contributed by atoms with Crippen molar-refractivity contribution in [2.75, 3.05) is 5.32 Å². The van der Waals surface area contributed by atoms with Gasteiger partial charge in [0.15, 0.2) is 0 Å². The average molecular weight is 436 g/mol. The van der Waals surface area contributed by atoms with Gasteiger partial charge in [-0.05, 0) is 46.5 Å². The lowest BCUT2D eigenvalue weighted by atomic mass is 10.0. The molecule has 0 saturated heterocycles. The maximum Gasteiger partial charge on any atom is 0.244 e. The molecule has 0 aromatic heterocycles. The summed E-state index contributed by atoms with van der Waals surface area (Å²) in [6, 6.07) is 31.7. The van der Waals surface area contributed by atoms with E-state index in [4.69, 9.17) is 0 Å². The van der Waals surface area contributed by atoms with E-state index in [1.165, 1.54) is 0 Å². The highest BCUT2D eigenvalue weighted by Gasteiger charge is 2.07. The fourth-order valence-corrected chi connectivity index (χ4v) is 3.57. The molecule has 0 fully saturated rings. The van der Waals surface area contributed by atoms with E-state index in [-0.39, 0.29) is 24.7 Å². The monoisotopic (exact) mass is 435 g/mol. The Morgan fingerprint density at radius 1 is 0.727 bits per heavy atom. The van der Waals surface area contributed by atoms with Gasteiger partial charge in [-0.1, -0.05) is 84.9 Å². The number of fused-ring (bicyclic) bond motifs is 1. The summed E-state index contributed by atoms with van der Waals surface area (Å²) in [7, 11) is 0. The van der Waals surface area contributed by atoms with Crippen LogP contribution >= 0.6 is 0 Å². The Hall–Kier alpha value is -4.25. The third-order valence-corrected chi connectivity index (χ3v) is 5.25. The van der Waals surface area contributed by atoms with Crippen molar-refractivity contribution in [1.29, 1.82) is 0 Å². The Balaban J connectivity index is 1.27. The third kappa shape index (κ3) is 6.14. The van der Waals surface area contributed by atoms with Crippen LogP contribution in [0.25, 0.3) is 21.9 Å². The summed E-state index contributed by atoms with van der Waals surface area (Å²) < 4.78 is 0. The fraction of sp³-hybridized carbons (Fsp3) is 0.107. The number of amides is 2. The lowest BCUT2D eigenvalue weighted by Crippen LogP contribution is -2.22. The predicted molar refractivity (Wildman–Crippen MR) is 134 cm³/mol. The van der Waals surface area contributed by atoms with E-state index in [0.717, 1.165) is 33.2 Å². The largest absolute Gasteiger partial charge is 0.326 e. The third-order valence-electron chi connectivity index (χ3n) is 5.25. The minimum Gasteiger partial charge on any atom is -0.326 e. The van der Waals surface area contributed by atoms with E-state index in [0.29, 0.717) is 5.71 Å². The van der Waals surface area contributed by atoms with Gasteiger partial charge in [0.05, 0.1) is 12.8 Å². The van der Waals surface area contributed by atoms with Gasteiger partial charge in [-0.15, -0.1) is 0 Å². The number of nitrogens with one attached hydrogen (secondary N) is 2. The second-order valence-electron chi connectivity index (χ2n) is 7.91. The average Bonchev–Trinajstić information content (AvgIpc) is 2.83. The molecule has 5 nitrogen and oxygen atoms in total. The molecular weight excluding hydrogens is 410 g/mol. The summed E-state index contributed by atoms with van der Waals surface area (Å²) in [5.74, 6) is -0.408. The molecule has 0 unspecified atom stereocenters. The highest BCUT2D eigenvalue weighted by atomic mass is 16.2. The summed E-state index contributed by atoms with van der Waals surface area (Å²) >= 11 is 0. The second-order valence-corrected chi connectivity index (χ2v) is 7.91. The first kappa shape index (κ1) is 22.0. The molecule has 4 aromatic rings. The zero-order valence-electron chi connectivity index (χ0n) is 18.4. The highest BCUT2D eigenvalue weighted by molar-refractivity contribution is 6.06. The van der Waals surface area contributed by atoms with Crippen LogP contribution in [0.1, 0.15) is 18.9 Å². The normalized spacial score (nSPS) is 11.2. The predicted octanol–water partition coefficient (Wildman–Crippen LogP) is 5.57. The van der Waals surface area contributed by atoms with Crippen LogP contribution in [0.15, 0.2) is 102 Å². The van der Waals surface area contributed by atoms with Gasteiger partial charge in [-0.2, -0.15) is 5.10 Å². The van der Waals surface area contributed by atoms with Crippen LogP contribution in [-0.4, -0.2) is 17.5 Å². The molecule has 0 radical (unpaired) electrons. The topological polar surface area (TPSA) is 70.6 Å². The molecular formula is C28H25N3O2. The summed E-state index contributed by atoms with van der Waals surface area (Å²) in [6.45, 7) is 1.72. The van der Waals surface area contributed by atoms with Crippen molar-refractivity contribution in [1.82, 2.24) is 5.43 Å². The van der Waals surface area contributed by atoms with Crippen LogP contribution in [-0.2, 0) is 16.0 Å². The summed E-state index contributed by atoms with van der Waals surface area (Å²) in [5, 5.41) is 9.13. The molecule has 0 aliphatic carbocycles. The molecule has 4 rings (SSSR count). The van der Waals surface area contributed by atoms with Crippen LogP contribution in [0.2, 0.25) is 0 Å². The molecule has 0 heterocycles. The van der Waals surface area contributed by atoms with Gasteiger partial charge in [-0.3, -0.25) is 9.59 Å². The summed E-state index contributed by atoms with van der Waals surface area (Å²) in [5.41, 5.74) is 6.93. The van der Waals surface area contributed by atoms with Gasteiger partial charge in [0, 0.05) is 11.4 Å². The second kappa shape index (κ2) is 10.4. The van der Waals surface area contributed by atoms with E-state index >= 15 is 0 Å². The van der Waals surface area contributed by atoms with Gasteiger partial charge in [0.2, 0.25) is 11.8 Å². The molecule has 0 saturated carbocycles. The van der Waals surface area contributed by atoms with E-state index in [1.54, 1.807) is 6.92 Å². The molecule has 0 bridgehead atoms. The molecule has 5 heteroatoms. The van der Waals surface area contributed by atoms with Crippen molar-refractivity contribution >= 4 is 34.0 Å². The Morgan fingerprint density at radius 3 is 2.15 bits per heavy atom. The quantitative estimate of drug-likeness (QED) is 0.294. The van der Waals surface area contributed by atoms with Crippen LogP contribution in [0.5, 0.6) is 0 Å². The molecule has 0 atom stereocenters. The molecule has 0 aliphatic rings. The van der Waals surface area contributed by atoms with Gasteiger partial charge < -0.3 is 5.32 Å². The Bertz CT molecular complexity index is 1300. The minimum absolute atomic E-state index is 0.0961. The van der Waals surface area contributed by atoms with Crippen LogP contribution in [0.4, 0.5) is 5.69 Å². The Labute approximate surface area is 193 Å². The van der Waals surface area contributed by atoms with Crippen molar-refractivity contribution in [2.24, 2.45) is 5.10 Å². The van der Waals surface area contributed by atoms with Crippen molar-refractivity contribution in [2.45, 2.75) is 19.8 Å². The van der Waals surface area contributed by atoms with E-state index in [2.05, 4.69) is 28.0 Å². The summed E-state index contributed by atoms with van der Waals surface area (Å²) in [6.07, 6.45) is 0.314.